The molecule has 147 heavy (non-hydrogen) atoms. The number of aromatic hydroxyl groups is 1. The summed E-state index contributed by atoms with van der Waals surface area (Å²) in [4.78, 5) is 143. The van der Waals surface area contributed by atoms with E-state index in [1.54, 1.807) is 24.8 Å². The normalized spacial score (nSPS) is 24.7. The van der Waals surface area contributed by atoms with Gasteiger partial charge in [-0.05, 0) is 197 Å². The highest BCUT2D eigenvalue weighted by Crippen LogP contribution is 2.60. The van der Waals surface area contributed by atoms with Crippen LogP contribution in [0.25, 0.3) is 11.4 Å². The summed E-state index contributed by atoms with van der Waals surface area (Å²) in [6, 6.07) is 23.5. The smallest absolute Gasteiger partial charge is 0.312 e. The number of anilines is 2. The zero-order valence-corrected chi connectivity index (χ0v) is 86.6. The number of ether oxygens (including phenoxy) is 9. The number of allylic oxidation sites excluding steroid dienone is 1. The zero-order valence-electron chi connectivity index (χ0n) is 86.6. The molecule has 1 unspecified atom stereocenters. The number of nitrogens with one attached hydrogen (secondary N) is 12. The minimum Gasteiger partial charge on any atom is -0.508 e. The Morgan fingerprint density at radius 2 is 1.16 bits per heavy atom. The quantitative estimate of drug-likeness (QED) is 0.0114. The van der Waals surface area contributed by atoms with Gasteiger partial charge >= 0.3 is 6.03 Å². The van der Waals surface area contributed by atoms with Gasteiger partial charge in [0.05, 0.1) is 151 Å². The van der Waals surface area contributed by atoms with Gasteiger partial charge in [-0.2, -0.15) is 0 Å². The molecule has 0 bridgehead atoms. The number of unbranched alkanes of at least 4 members (excludes halogenated alkanes) is 1. The largest absolute Gasteiger partial charge is 0.508 e. The number of aliphatic hydroxyl groups excluding tert-OH is 4. The van der Waals surface area contributed by atoms with E-state index in [-0.39, 0.29) is 177 Å². The topological polar surface area (TPSA) is 558 Å². The van der Waals surface area contributed by atoms with E-state index in [9.17, 15) is 68.7 Å². The van der Waals surface area contributed by atoms with Gasteiger partial charge in [0.2, 0.25) is 47.3 Å². The molecule has 0 spiro atoms. The number of ketones is 1. The maximum atomic E-state index is 15.1. The van der Waals surface area contributed by atoms with E-state index < -0.39 is 119 Å². The number of benzene rings is 4. The number of carbonyl (C=O) groups excluding carboxylic acids is 10. The highest BCUT2D eigenvalue weighted by molar-refractivity contribution is 6.03. The van der Waals surface area contributed by atoms with Gasteiger partial charge in [-0.1, -0.05) is 122 Å². The van der Waals surface area contributed by atoms with Crippen LogP contribution < -0.4 is 80.7 Å². The summed E-state index contributed by atoms with van der Waals surface area (Å²) in [5.74, 6) is 1.08. The number of hydrogen-bond acceptors (Lipinski definition) is 31. The van der Waals surface area contributed by atoms with Crippen LogP contribution in [0.5, 0.6) is 5.75 Å². The third-order valence-corrected chi connectivity index (χ3v) is 30.7. The van der Waals surface area contributed by atoms with Crippen molar-refractivity contribution < 1.29 is 116 Å². The number of hydrogen-bond donors (Lipinski definition) is 19. The average Bonchev–Trinajstić information content (AvgIpc) is 1.14. The minimum absolute atomic E-state index is 0.0450. The Morgan fingerprint density at radius 3 is 1.80 bits per heavy atom. The van der Waals surface area contributed by atoms with E-state index in [2.05, 4.69) is 78.1 Å². The molecule has 15 atom stereocenters. The van der Waals surface area contributed by atoms with E-state index in [1.807, 2.05) is 99.8 Å². The van der Waals surface area contributed by atoms with Crippen molar-refractivity contribution in [2.75, 3.05) is 156 Å². The maximum Gasteiger partial charge on any atom is 0.312 e. The number of amides is 10. The number of aliphatic hydroxyl groups is 4. The van der Waals surface area contributed by atoms with E-state index in [0.29, 0.717) is 138 Å². The number of nitrogens with zero attached hydrogens (tertiary/aromatic N) is 2. The molecular formula is C107H160N16O24. The number of phenols is 1. The number of nitrogens with two attached hydrogens (primary N) is 2. The zero-order chi connectivity index (χ0) is 105. The van der Waals surface area contributed by atoms with Crippen molar-refractivity contribution in [1.29, 1.82) is 0 Å². The fourth-order valence-corrected chi connectivity index (χ4v) is 22.8. The number of Topliss-reactive ketones (excluding diaryl/α,β-unsaturated/α-hetero) is 1. The molecule has 21 N–H and O–H groups in total. The number of imide groups is 1. The van der Waals surface area contributed by atoms with Gasteiger partial charge in [-0.25, -0.2) is 4.79 Å². The van der Waals surface area contributed by atoms with Gasteiger partial charge in [0.15, 0.2) is 12.0 Å². The summed E-state index contributed by atoms with van der Waals surface area (Å²) in [6.45, 7) is 17.1. The van der Waals surface area contributed by atoms with Crippen LogP contribution in [0, 0.1) is 34.5 Å². The number of phenolic OH excluding ortho intramolecular Hbond substituents is 1. The number of fused-ring (bicyclic) bond motifs is 8. The first-order valence-electron chi connectivity index (χ1n) is 52.7. The van der Waals surface area contributed by atoms with Crippen molar-refractivity contribution in [3.8, 4) is 5.75 Å². The molecule has 40 nitrogen and oxygen atoms in total. The minimum atomic E-state index is -1.61. The summed E-state index contributed by atoms with van der Waals surface area (Å²) in [6.07, 6.45) is 3.50. The summed E-state index contributed by atoms with van der Waals surface area (Å²) in [5, 5.41) is 81.0. The second-order valence-electron chi connectivity index (χ2n) is 41.1. The molecule has 5 aliphatic carbocycles. The van der Waals surface area contributed by atoms with Crippen LogP contribution in [-0.4, -0.2) is 284 Å². The number of hydrazine groups is 3. The van der Waals surface area contributed by atoms with Crippen molar-refractivity contribution in [3.63, 3.8) is 0 Å². The SMILES string of the molecule is CNCCOCCOCCOCCN/C1=C(\NN)c2ccccc2N(C(=O)CCC(=O)NCCOCCOCCOCCOCCC(=O)N[C@H](CCCCNC(=O)COC2CCCCCC3=C2NNN3[C@@H]2O[C@H](CO)[C@H](O)[C@H](O)[C@H]2O)C(=O)N[C@H](C(=O)C[C@@H](CCCNC(N)=O)C(=O)Nc2ccc3c(c2)[C@@]2(C)CCC[C@](C)(C(=O)NC(=O)[C@@]4(C)CCC[C@]5(C)c6cc(O)ccc6CC[C@@H]45)[C@@H]2CC3)C(C)C)Cc2ccccc21. The van der Waals surface area contributed by atoms with Crippen LogP contribution in [0.1, 0.15) is 222 Å². The second-order valence-corrected chi connectivity index (χ2v) is 41.1. The van der Waals surface area contributed by atoms with Gasteiger partial charge < -0.3 is 132 Å². The van der Waals surface area contributed by atoms with Crippen molar-refractivity contribution in [3.05, 3.63) is 135 Å². The molecule has 0 aromatic heterocycles. The van der Waals surface area contributed by atoms with E-state index in [1.165, 1.54) is 10.6 Å². The number of urea groups is 1. The molecule has 3 heterocycles. The summed E-state index contributed by atoms with van der Waals surface area (Å²) < 4.78 is 52.0. The highest BCUT2D eigenvalue weighted by Gasteiger charge is 2.59. The van der Waals surface area contributed by atoms with E-state index >= 15 is 4.79 Å². The van der Waals surface area contributed by atoms with Crippen molar-refractivity contribution in [2.45, 2.75) is 262 Å². The van der Waals surface area contributed by atoms with Crippen molar-refractivity contribution >= 4 is 81.8 Å². The lowest BCUT2D eigenvalue weighted by molar-refractivity contribution is -0.266. The Kier molecular flexibility index (Phi) is 44.3. The molecule has 10 amide bonds. The molecule has 812 valence electrons. The van der Waals surface area contributed by atoms with Crippen molar-refractivity contribution in [2.24, 2.45) is 46.1 Å². The maximum absolute atomic E-state index is 15.1. The molecule has 2 saturated carbocycles. The van der Waals surface area contributed by atoms with Crippen LogP contribution in [0.3, 0.4) is 0 Å². The fourth-order valence-electron chi connectivity index (χ4n) is 22.8. The summed E-state index contributed by atoms with van der Waals surface area (Å²) in [7, 11) is 1.87. The number of para-hydroxylation sites is 1. The Morgan fingerprint density at radius 1 is 0.558 bits per heavy atom. The Labute approximate surface area is 862 Å². The average molecular weight is 2050 g/mol. The molecule has 0 radical (unpaired) electrons. The van der Waals surface area contributed by atoms with Gasteiger partial charge in [-0.3, -0.25) is 59.3 Å². The lowest BCUT2D eigenvalue weighted by Crippen LogP contribution is -2.64. The summed E-state index contributed by atoms with van der Waals surface area (Å²) in [5.41, 5.74) is 22.2. The lowest BCUT2D eigenvalue weighted by Gasteiger charge is -2.56. The number of aryl methyl sites for hydroxylation is 2. The third kappa shape index (κ3) is 30.5. The van der Waals surface area contributed by atoms with Crippen LogP contribution in [0.2, 0.25) is 0 Å². The fraction of sp³-hybridized carbons (Fsp3) is 0.645. The number of rotatable bonds is 57. The predicted octanol–water partition coefficient (Wildman–Crippen LogP) is 5.36. The number of likely N-dealkylation sites (N-methyl/N-ethyl adjacent to an activating group) is 1. The molecule has 4 aromatic rings. The summed E-state index contributed by atoms with van der Waals surface area (Å²) >= 11 is 0. The van der Waals surface area contributed by atoms with Crippen LogP contribution >= 0.6 is 0 Å². The second kappa shape index (κ2) is 56.5. The van der Waals surface area contributed by atoms with E-state index in [4.69, 9.17) is 54.2 Å². The van der Waals surface area contributed by atoms with Gasteiger partial charge in [0, 0.05) is 81.1 Å². The van der Waals surface area contributed by atoms with Crippen molar-refractivity contribution in [1.82, 2.24) is 63.9 Å². The van der Waals surface area contributed by atoms with Crippen LogP contribution in [0.4, 0.5) is 16.2 Å². The molecule has 1 saturated heterocycles. The molecule has 40 heteroatoms. The first-order valence-corrected chi connectivity index (χ1v) is 52.7. The number of carbonyl (C=O) groups is 10. The first kappa shape index (κ1) is 115. The molecular weight excluding hydrogens is 1890 g/mol. The molecule has 3 aliphatic heterocycles. The third-order valence-electron chi connectivity index (χ3n) is 30.7. The van der Waals surface area contributed by atoms with Crippen LogP contribution in [-0.2, 0) is 116 Å². The van der Waals surface area contributed by atoms with Gasteiger partial charge in [0.1, 0.15) is 48.9 Å². The monoisotopic (exact) mass is 2050 g/mol. The lowest BCUT2D eigenvalue weighted by atomic mass is 9.49. The van der Waals surface area contributed by atoms with E-state index in [0.717, 1.165) is 91.4 Å². The molecule has 12 rings (SSSR count). The molecule has 4 aromatic carbocycles. The van der Waals surface area contributed by atoms with Gasteiger partial charge in [0.25, 0.3) is 0 Å². The predicted molar refractivity (Wildman–Crippen MR) is 549 cm³/mol. The Balaban J connectivity index is 0.602. The Bertz CT molecular complexity index is 5130. The van der Waals surface area contributed by atoms with Gasteiger partial charge in [-0.15, -0.1) is 5.53 Å². The Hall–Kier alpha value is -10.4. The number of primary amides is 1. The molecule has 8 aliphatic rings. The standard InChI is InChI=1S/C107H160N16O24/c1-68(2)91(82(126)62-71(21-17-44-114-103(108)138)98(134)115-73-32-28-69-30-34-85-104(3,77(69)63-73)39-18-41-106(85,5)101(136)118-102(137)107(6)42-19-40-105(4)78-64-74(125)33-29-70(78)31-35-86(105)107)117-99(135)79(24-15-16-43-111-89(129)67-146-83-27-10-8-9-26-81-94(83)120-121-123(81)100-97(133)96(132)95(131)84(66-124)147-100)116-88(128)38-48-139-52-56-143-60-61-145-58-54-141-50-46-112-87(127)36-37-90(130)122-65-72-20-11-12-22-75(72)92(93(119-109)76-23-13-14-25-80(76)122)113-47-51-142-55-59-144-57-53-140-49-45-110-7/h11-14,20,22-23,25,28-29,32-33,63-64,68,71,79,83-86,91,95-97,100,110,113,119-121,124-125,131-133H,8-10,15-19,21,24,26-27,30-31,34-62,65-67,109H2,1-7H3,(H,111,129)(H,112,127)(H,115,134)(H,116,128)(H,117,135)(H3,108,114,138)(H,118,136,137)/b93-92-/t71-,79-,83?,84-,85-,86-,91+,95+,96+,97-,100-,104-,105-,106+,107+/m1/s1. The highest BCUT2D eigenvalue weighted by atomic mass is 16.6. The molecule has 3 fully saturated rings. The first-order chi connectivity index (χ1) is 70.8. The van der Waals surface area contributed by atoms with Crippen LogP contribution in [0.15, 0.2) is 96.3 Å².